The molecule has 1 unspecified atom stereocenters. The molecule has 0 saturated heterocycles. The number of carbonyl (C=O) groups is 1. The fraction of sp³-hybridized carbons (Fsp3) is 0.200. The number of rotatable bonds is 3. The average molecular weight is 409 g/mol. The standard InChI is InChI=1S/C25H23N5O/c1-15-9-7-8-12-19(15)20-14-21(31)28-24-22(20)23(18-10-5-4-6-11-18)29-30(24)25-26-16(2)13-17(3)27-25/h4-13,20H,14H2,1-3H3,(H,28,31). The van der Waals surface area contributed by atoms with Crippen LogP contribution in [-0.2, 0) is 4.79 Å². The summed E-state index contributed by atoms with van der Waals surface area (Å²) in [5.74, 6) is 0.973. The van der Waals surface area contributed by atoms with Crippen molar-refractivity contribution in [1.29, 1.82) is 0 Å². The normalized spacial score (nSPS) is 15.5. The summed E-state index contributed by atoms with van der Waals surface area (Å²) in [5.41, 5.74) is 6.83. The Morgan fingerprint density at radius 2 is 1.61 bits per heavy atom. The molecule has 3 heterocycles. The molecule has 0 saturated carbocycles. The van der Waals surface area contributed by atoms with Crippen LogP contribution in [0.2, 0.25) is 0 Å². The molecule has 154 valence electrons. The molecule has 5 rings (SSSR count). The zero-order valence-electron chi connectivity index (χ0n) is 17.8. The van der Waals surface area contributed by atoms with Crippen molar-refractivity contribution in [2.24, 2.45) is 0 Å². The monoisotopic (exact) mass is 409 g/mol. The van der Waals surface area contributed by atoms with Crippen LogP contribution in [0.25, 0.3) is 17.2 Å². The molecule has 0 fully saturated rings. The summed E-state index contributed by atoms with van der Waals surface area (Å²) in [6.45, 7) is 5.95. The number of aromatic nitrogens is 4. The van der Waals surface area contributed by atoms with Crippen molar-refractivity contribution in [2.75, 3.05) is 5.32 Å². The van der Waals surface area contributed by atoms with Crippen molar-refractivity contribution in [3.63, 3.8) is 0 Å². The van der Waals surface area contributed by atoms with Gasteiger partial charge in [-0.15, -0.1) is 0 Å². The highest BCUT2D eigenvalue weighted by Crippen LogP contribution is 2.44. The van der Waals surface area contributed by atoms with E-state index >= 15 is 0 Å². The molecular weight excluding hydrogens is 386 g/mol. The summed E-state index contributed by atoms with van der Waals surface area (Å²) in [5, 5.41) is 7.99. The molecule has 4 aromatic rings. The van der Waals surface area contributed by atoms with Crippen LogP contribution in [0, 0.1) is 20.8 Å². The van der Waals surface area contributed by atoms with Gasteiger partial charge in [0.25, 0.3) is 5.95 Å². The summed E-state index contributed by atoms with van der Waals surface area (Å²) in [6.07, 6.45) is 0.372. The molecule has 2 aromatic heterocycles. The summed E-state index contributed by atoms with van der Waals surface area (Å²) in [6, 6.07) is 20.2. The Bertz CT molecular complexity index is 1270. The maximum Gasteiger partial charge on any atom is 0.252 e. The first-order chi connectivity index (χ1) is 15.0. The number of hydrogen-bond acceptors (Lipinski definition) is 4. The largest absolute Gasteiger partial charge is 0.310 e. The van der Waals surface area contributed by atoms with E-state index in [1.807, 2.05) is 62.4 Å². The topological polar surface area (TPSA) is 72.7 Å². The van der Waals surface area contributed by atoms with E-state index in [1.165, 1.54) is 0 Å². The average Bonchev–Trinajstić information content (AvgIpc) is 3.13. The number of benzene rings is 2. The molecular formula is C25H23N5O. The third kappa shape index (κ3) is 3.40. The Morgan fingerprint density at radius 1 is 0.935 bits per heavy atom. The van der Waals surface area contributed by atoms with Gasteiger partial charge in [-0.05, 0) is 38.0 Å². The molecule has 31 heavy (non-hydrogen) atoms. The van der Waals surface area contributed by atoms with Gasteiger partial charge in [-0.2, -0.15) is 9.78 Å². The Kier molecular flexibility index (Phi) is 4.62. The van der Waals surface area contributed by atoms with E-state index in [9.17, 15) is 4.79 Å². The molecule has 0 radical (unpaired) electrons. The SMILES string of the molecule is Cc1cc(C)nc(-n2nc(-c3ccccc3)c3c2NC(=O)CC3c2ccccc2C)n1. The number of fused-ring (bicyclic) bond motifs is 1. The van der Waals surface area contributed by atoms with Gasteiger partial charge < -0.3 is 5.32 Å². The number of aryl methyl sites for hydroxylation is 3. The highest BCUT2D eigenvalue weighted by Gasteiger charge is 2.35. The van der Waals surface area contributed by atoms with Crippen LogP contribution in [0.3, 0.4) is 0 Å². The van der Waals surface area contributed by atoms with Crippen LogP contribution in [0.4, 0.5) is 5.82 Å². The Balaban J connectivity index is 1.81. The van der Waals surface area contributed by atoms with Crippen LogP contribution < -0.4 is 5.32 Å². The Morgan fingerprint density at radius 3 is 2.32 bits per heavy atom. The zero-order chi connectivity index (χ0) is 21.5. The minimum Gasteiger partial charge on any atom is -0.310 e. The molecule has 1 N–H and O–H groups in total. The fourth-order valence-corrected chi connectivity index (χ4v) is 4.35. The molecule has 1 aliphatic heterocycles. The first-order valence-electron chi connectivity index (χ1n) is 10.4. The van der Waals surface area contributed by atoms with E-state index in [1.54, 1.807) is 4.68 Å². The second-order valence-corrected chi connectivity index (χ2v) is 8.00. The van der Waals surface area contributed by atoms with Gasteiger partial charge in [0.15, 0.2) is 0 Å². The molecule has 1 amide bonds. The van der Waals surface area contributed by atoms with Crippen LogP contribution in [0.15, 0.2) is 60.7 Å². The van der Waals surface area contributed by atoms with Gasteiger partial charge in [-0.1, -0.05) is 54.6 Å². The van der Waals surface area contributed by atoms with Gasteiger partial charge in [0.05, 0.1) is 5.69 Å². The number of carbonyl (C=O) groups excluding carboxylic acids is 1. The fourth-order valence-electron chi connectivity index (χ4n) is 4.35. The maximum absolute atomic E-state index is 12.8. The van der Waals surface area contributed by atoms with E-state index in [0.717, 1.165) is 39.3 Å². The number of hydrogen-bond donors (Lipinski definition) is 1. The summed E-state index contributed by atoms with van der Waals surface area (Å²) < 4.78 is 1.68. The van der Waals surface area contributed by atoms with E-state index < -0.39 is 0 Å². The summed E-state index contributed by atoms with van der Waals surface area (Å²) in [7, 11) is 0. The molecule has 0 aliphatic carbocycles. The van der Waals surface area contributed by atoms with Crippen molar-refractivity contribution in [2.45, 2.75) is 33.1 Å². The van der Waals surface area contributed by atoms with Crippen LogP contribution in [0.5, 0.6) is 0 Å². The second-order valence-electron chi connectivity index (χ2n) is 8.00. The lowest BCUT2D eigenvalue weighted by atomic mass is 9.82. The van der Waals surface area contributed by atoms with Crippen molar-refractivity contribution < 1.29 is 4.79 Å². The van der Waals surface area contributed by atoms with Crippen LogP contribution >= 0.6 is 0 Å². The van der Waals surface area contributed by atoms with E-state index in [0.29, 0.717) is 18.2 Å². The van der Waals surface area contributed by atoms with Crippen molar-refractivity contribution in [1.82, 2.24) is 19.7 Å². The number of nitrogens with zero attached hydrogens (tertiary/aromatic N) is 4. The number of amides is 1. The highest BCUT2D eigenvalue weighted by atomic mass is 16.1. The van der Waals surface area contributed by atoms with Crippen molar-refractivity contribution in [3.05, 3.63) is 88.7 Å². The lowest BCUT2D eigenvalue weighted by molar-refractivity contribution is -0.116. The predicted octanol–water partition coefficient (Wildman–Crippen LogP) is 4.73. The number of anilines is 1. The maximum atomic E-state index is 12.8. The molecule has 0 spiro atoms. The quantitative estimate of drug-likeness (QED) is 0.531. The first kappa shape index (κ1) is 19.2. The van der Waals surface area contributed by atoms with Gasteiger partial charge in [-0.3, -0.25) is 4.79 Å². The van der Waals surface area contributed by atoms with Gasteiger partial charge in [0, 0.05) is 34.9 Å². The van der Waals surface area contributed by atoms with Gasteiger partial charge >= 0.3 is 0 Å². The molecule has 1 aliphatic rings. The Hall–Kier alpha value is -3.80. The van der Waals surface area contributed by atoms with Gasteiger partial charge in [-0.25, -0.2) is 9.97 Å². The summed E-state index contributed by atoms with van der Waals surface area (Å²) in [4.78, 5) is 22.0. The third-order valence-corrected chi connectivity index (χ3v) is 5.69. The highest BCUT2D eigenvalue weighted by molar-refractivity contribution is 5.96. The van der Waals surface area contributed by atoms with Crippen molar-refractivity contribution in [3.8, 4) is 17.2 Å². The molecule has 1 atom stereocenters. The van der Waals surface area contributed by atoms with E-state index in [4.69, 9.17) is 5.10 Å². The molecule has 6 nitrogen and oxygen atoms in total. The van der Waals surface area contributed by atoms with Gasteiger partial charge in [0.2, 0.25) is 5.91 Å². The molecule has 6 heteroatoms. The lowest BCUT2D eigenvalue weighted by Gasteiger charge is -2.25. The predicted molar refractivity (Wildman–Crippen MR) is 120 cm³/mol. The van der Waals surface area contributed by atoms with E-state index in [2.05, 4.69) is 34.3 Å². The van der Waals surface area contributed by atoms with Crippen LogP contribution in [0.1, 0.15) is 40.4 Å². The van der Waals surface area contributed by atoms with Crippen LogP contribution in [-0.4, -0.2) is 25.7 Å². The van der Waals surface area contributed by atoms with Crippen molar-refractivity contribution >= 4 is 11.7 Å². The smallest absolute Gasteiger partial charge is 0.252 e. The van der Waals surface area contributed by atoms with E-state index in [-0.39, 0.29) is 11.8 Å². The zero-order valence-corrected chi connectivity index (χ0v) is 17.8. The summed E-state index contributed by atoms with van der Waals surface area (Å²) >= 11 is 0. The minimum atomic E-state index is -0.0974. The Labute approximate surface area is 181 Å². The number of nitrogens with one attached hydrogen (secondary N) is 1. The van der Waals surface area contributed by atoms with Gasteiger partial charge in [0.1, 0.15) is 5.82 Å². The lowest BCUT2D eigenvalue weighted by Crippen LogP contribution is -2.25. The first-order valence-corrected chi connectivity index (χ1v) is 10.4. The molecule has 0 bridgehead atoms. The minimum absolute atomic E-state index is 0.0362. The molecule has 2 aromatic carbocycles. The third-order valence-electron chi connectivity index (χ3n) is 5.69. The second kappa shape index (κ2) is 7.47.